The third kappa shape index (κ3) is 3.20. The van der Waals surface area contributed by atoms with Crippen LogP contribution in [0.4, 0.5) is 0 Å². The lowest BCUT2D eigenvalue weighted by Crippen LogP contribution is -2.39. The Morgan fingerprint density at radius 1 is 1.39 bits per heavy atom. The van der Waals surface area contributed by atoms with Crippen LogP contribution < -0.4 is 9.60 Å². The summed E-state index contributed by atoms with van der Waals surface area (Å²) in [5.74, 6) is -0.702. The van der Waals surface area contributed by atoms with Crippen molar-refractivity contribution in [3.8, 4) is 0 Å². The fraction of sp³-hybridized carbons (Fsp3) is 0.600. The van der Waals surface area contributed by atoms with Gasteiger partial charge in [0.25, 0.3) is 5.91 Å². The van der Waals surface area contributed by atoms with E-state index in [4.69, 9.17) is 0 Å². The Balaban J connectivity index is 2.87. The molecule has 1 aromatic rings. The summed E-state index contributed by atoms with van der Waals surface area (Å²) in [6, 6.07) is 0. The van der Waals surface area contributed by atoms with Gasteiger partial charge < -0.3 is 0 Å². The molecule has 0 unspecified atom stereocenters. The molecule has 0 bridgehead atoms. The van der Waals surface area contributed by atoms with Crippen LogP contribution in [-0.4, -0.2) is 24.1 Å². The van der Waals surface area contributed by atoms with E-state index in [9.17, 15) is 18.0 Å². The number of rotatable bonds is 4. The van der Waals surface area contributed by atoms with E-state index in [1.54, 1.807) is 13.8 Å². The second-order valence-corrected chi connectivity index (χ2v) is 7.62. The molecule has 8 heteroatoms. The van der Waals surface area contributed by atoms with Gasteiger partial charge in [-0.25, -0.2) is 8.42 Å². The molecule has 0 saturated carbocycles. The van der Waals surface area contributed by atoms with Gasteiger partial charge in [0, 0.05) is 10.6 Å². The number of nitrogens with zero attached hydrogens (tertiary/aromatic N) is 1. The number of thiazole rings is 1. The van der Waals surface area contributed by atoms with E-state index in [1.165, 1.54) is 18.4 Å². The Morgan fingerprint density at radius 2 is 1.94 bits per heavy atom. The highest BCUT2D eigenvalue weighted by molar-refractivity contribution is 7.90. The molecule has 0 radical (unpaired) electrons. The van der Waals surface area contributed by atoms with Crippen molar-refractivity contribution in [3.05, 3.63) is 20.2 Å². The second-order valence-electron chi connectivity index (χ2n) is 4.21. The Morgan fingerprint density at radius 3 is 2.33 bits per heavy atom. The minimum absolute atomic E-state index is 0.262. The van der Waals surface area contributed by atoms with Gasteiger partial charge >= 0.3 is 4.87 Å². The summed E-state index contributed by atoms with van der Waals surface area (Å²) < 4.78 is 26.2. The van der Waals surface area contributed by atoms with Crippen LogP contribution in [0.5, 0.6) is 0 Å². The number of sulfonamides is 1. The van der Waals surface area contributed by atoms with Crippen LogP contribution in [-0.2, 0) is 21.4 Å². The summed E-state index contributed by atoms with van der Waals surface area (Å²) >= 11 is 1.04. The molecule has 1 aromatic heterocycles. The highest BCUT2D eigenvalue weighted by atomic mass is 32.2. The fourth-order valence-corrected chi connectivity index (χ4v) is 2.67. The zero-order chi connectivity index (χ0) is 14.1. The lowest BCUT2D eigenvalue weighted by molar-refractivity contribution is -0.119. The van der Waals surface area contributed by atoms with Crippen molar-refractivity contribution in [2.45, 2.75) is 39.5 Å². The maximum Gasteiger partial charge on any atom is 0.308 e. The number of hydrogen-bond donors (Lipinski definition) is 1. The Hall–Kier alpha value is -1.15. The molecule has 1 heterocycles. The molecule has 1 rings (SSSR count). The number of nitrogens with one attached hydrogen (secondary N) is 1. The maximum absolute atomic E-state index is 11.6. The molecule has 18 heavy (non-hydrogen) atoms. The third-order valence-corrected chi connectivity index (χ3v) is 5.30. The number of amides is 1. The molecule has 0 aliphatic rings. The van der Waals surface area contributed by atoms with Gasteiger partial charge in [-0.05, 0) is 27.7 Å². The molecule has 102 valence electrons. The number of aromatic nitrogens is 1. The molecular formula is C10H16N2O4S2. The highest BCUT2D eigenvalue weighted by Crippen LogP contribution is 2.09. The van der Waals surface area contributed by atoms with Crippen LogP contribution >= 0.6 is 11.3 Å². The van der Waals surface area contributed by atoms with Crippen LogP contribution in [0.1, 0.15) is 24.4 Å². The van der Waals surface area contributed by atoms with Crippen molar-refractivity contribution in [1.29, 1.82) is 0 Å². The van der Waals surface area contributed by atoms with Crippen LogP contribution in [0.3, 0.4) is 0 Å². The van der Waals surface area contributed by atoms with E-state index in [-0.39, 0.29) is 11.4 Å². The minimum atomic E-state index is -3.65. The van der Waals surface area contributed by atoms with E-state index < -0.39 is 21.2 Å². The summed E-state index contributed by atoms with van der Waals surface area (Å²) in [5, 5.41) is -0.691. The minimum Gasteiger partial charge on any atom is -0.294 e. The average molecular weight is 292 g/mol. The Kier molecular flexibility index (Phi) is 4.33. The van der Waals surface area contributed by atoms with E-state index in [0.29, 0.717) is 5.69 Å². The summed E-state index contributed by atoms with van der Waals surface area (Å²) in [7, 11) is -3.65. The van der Waals surface area contributed by atoms with Crippen LogP contribution in [0, 0.1) is 13.8 Å². The van der Waals surface area contributed by atoms with Gasteiger partial charge in [0.15, 0.2) is 0 Å². The molecule has 0 saturated heterocycles. The highest BCUT2D eigenvalue weighted by Gasteiger charge is 2.20. The van der Waals surface area contributed by atoms with E-state index in [1.807, 2.05) is 4.72 Å². The molecule has 0 spiro atoms. The molecule has 0 fully saturated rings. The van der Waals surface area contributed by atoms with Crippen molar-refractivity contribution >= 4 is 27.3 Å². The van der Waals surface area contributed by atoms with Gasteiger partial charge in [-0.2, -0.15) is 0 Å². The third-order valence-electron chi connectivity index (χ3n) is 2.55. The van der Waals surface area contributed by atoms with Gasteiger partial charge in [-0.15, -0.1) is 0 Å². The largest absolute Gasteiger partial charge is 0.308 e. The van der Waals surface area contributed by atoms with E-state index >= 15 is 0 Å². The molecule has 0 aromatic carbocycles. The van der Waals surface area contributed by atoms with Crippen LogP contribution in [0.2, 0.25) is 0 Å². The van der Waals surface area contributed by atoms with Gasteiger partial charge in [0.1, 0.15) is 6.54 Å². The quantitative estimate of drug-likeness (QED) is 0.869. The first-order valence-electron chi connectivity index (χ1n) is 5.36. The van der Waals surface area contributed by atoms with Crippen molar-refractivity contribution in [2.75, 3.05) is 0 Å². The maximum atomic E-state index is 11.6. The zero-order valence-electron chi connectivity index (χ0n) is 10.7. The van der Waals surface area contributed by atoms with Gasteiger partial charge in [-0.3, -0.25) is 18.9 Å². The SMILES string of the molecule is Cc1sc(=O)n(CC(=O)NS(=O)(=O)C(C)C)c1C. The predicted molar refractivity (Wildman–Crippen MR) is 70.3 cm³/mol. The zero-order valence-corrected chi connectivity index (χ0v) is 12.3. The molecule has 0 aliphatic carbocycles. The summed E-state index contributed by atoms with van der Waals surface area (Å²) in [6.45, 7) is 6.17. The van der Waals surface area contributed by atoms with E-state index in [2.05, 4.69) is 0 Å². The topological polar surface area (TPSA) is 85.2 Å². The molecule has 0 atom stereocenters. The molecule has 0 aliphatic heterocycles. The normalized spacial score (nSPS) is 11.8. The summed E-state index contributed by atoms with van der Waals surface area (Å²) in [5.41, 5.74) is 0.682. The molecule has 1 amide bonds. The average Bonchev–Trinajstić information content (AvgIpc) is 2.44. The summed E-state index contributed by atoms with van der Waals surface area (Å²) in [4.78, 5) is 23.7. The monoisotopic (exact) mass is 292 g/mol. The van der Waals surface area contributed by atoms with Crippen molar-refractivity contribution in [1.82, 2.24) is 9.29 Å². The van der Waals surface area contributed by atoms with Gasteiger partial charge in [0.05, 0.1) is 5.25 Å². The van der Waals surface area contributed by atoms with Crippen molar-refractivity contribution in [2.24, 2.45) is 0 Å². The number of aryl methyl sites for hydroxylation is 1. The summed E-state index contributed by atoms with van der Waals surface area (Å²) in [6.07, 6.45) is 0. The number of carbonyl (C=O) groups excluding carboxylic acids is 1. The predicted octanol–water partition coefficient (Wildman–Crippen LogP) is 0.381. The smallest absolute Gasteiger partial charge is 0.294 e. The first kappa shape index (κ1) is 14.9. The van der Waals surface area contributed by atoms with Crippen LogP contribution in [0.15, 0.2) is 4.79 Å². The second kappa shape index (κ2) is 5.23. The first-order chi connectivity index (χ1) is 8.15. The van der Waals surface area contributed by atoms with Gasteiger partial charge in [-0.1, -0.05) is 11.3 Å². The number of hydrogen-bond acceptors (Lipinski definition) is 5. The van der Waals surface area contributed by atoms with Crippen molar-refractivity contribution in [3.63, 3.8) is 0 Å². The Labute approximate surface area is 110 Å². The Bertz CT molecular complexity index is 610. The van der Waals surface area contributed by atoms with Crippen LogP contribution in [0.25, 0.3) is 0 Å². The fourth-order valence-electron chi connectivity index (χ4n) is 1.22. The van der Waals surface area contributed by atoms with E-state index in [0.717, 1.165) is 16.2 Å². The molecule has 1 N–H and O–H groups in total. The lowest BCUT2D eigenvalue weighted by Gasteiger charge is -2.10. The standard InChI is InChI=1S/C10H16N2O4S2/c1-6(2)18(15,16)11-9(13)5-12-7(3)8(4)17-10(12)14/h6H,5H2,1-4H3,(H,11,13). The van der Waals surface area contributed by atoms with Gasteiger partial charge in [0.2, 0.25) is 10.0 Å². The first-order valence-corrected chi connectivity index (χ1v) is 7.72. The molecule has 6 nitrogen and oxygen atoms in total. The molecular weight excluding hydrogens is 276 g/mol. The van der Waals surface area contributed by atoms with Crippen molar-refractivity contribution < 1.29 is 13.2 Å². The number of carbonyl (C=O) groups is 1. The lowest BCUT2D eigenvalue weighted by atomic mass is 10.4.